The number of carbonyl (C=O) groups is 1. The van der Waals surface area contributed by atoms with Gasteiger partial charge in [-0.2, -0.15) is 13.2 Å². The standard InChI is InChI=1S/C12H17F3N4OS/c1-18(7-12(13,14)15)10(20)8-9(16)17-11(21-8)19-5-3-2-4-6-19/h2-7,16H2,1H3. The molecule has 0 spiro atoms. The van der Waals surface area contributed by atoms with Crippen molar-refractivity contribution < 1.29 is 18.0 Å². The third kappa shape index (κ3) is 3.99. The maximum atomic E-state index is 12.3. The van der Waals surface area contributed by atoms with Crippen LogP contribution >= 0.6 is 11.3 Å². The van der Waals surface area contributed by atoms with Gasteiger partial charge in [-0.3, -0.25) is 4.79 Å². The van der Waals surface area contributed by atoms with Crippen molar-refractivity contribution in [3.8, 4) is 0 Å². The highest BCUT2D eigenvalue weighted by molar-refractivity contribution is 7.18. The van der Waals surface area contributed by atoms with Gasteiger partial charge in [-0.15, -0.1) is 0 Å². The highest BCUT2D eigenvalue weighted by Gasteiger charge is 2.33. The SMILES string of the molecule is CN(CC(F)(F)F)C(=O)c1sc(N2CCCCC2)nc1N. The van der Waals surface area contributed by atoms with E-state index in [-0.39, 0.29) is 10.7 Å². The number of anilines is 2. The van der Waals surface area contributed by atoms with Gasteiger partial charge in [0, 0.05) is 20.1 Å². The molecule has 1 fully saturated rings. The maximum Gasteiger partial charge on any atom is 0.406 e. The number of nitrogens with zero attached hydrogens (tertiary/aromatic N) is 3. The summed E-state index contributed by atoms with van der Waals surface area (Å²) >= 11 is 1.06. The first kappa shape index (κ1) is 15.9. The first-order chi connectivity index (χ1) is 9.78. The van der Waals surface area contributed by atoms with E-state index in [0.717, 1.165) is 50.7 Å². The fourth-order valence-electron chi connectivity index (χ4n) is 2.21. The lowest BCUT2D eigenvalue weighted by Gasteiger charge is -2.25. The van der Waals surface area contributed by atoms with Crippen LogP contribution in [0.2, 0.25) is 0 Å². The van der Waals surface area contributed by atoms with Crippen molar-refractivity contribution in [1.29, 1.82) is 0 Å². The highest BCUT2D eigenvalue weighted by atomic mass is 32.1. The zero-order valence-corrected chi connectivity index (χ0v) is 12.4. The summed E-state index contributed by atoms with van der Waals surface area (Å²) in [6.45, 7) is 0.361. The Morgan fingerprint density at radius 1 is 1.38 bits per heavy atom. The molecule has 1 aliphatic rings. The molecule has 0 aliphatic carbocycles. The highest BCUT2D eigenvalue weighted by Crippen LogP contribution is 2.31. The van der Waals surface area contributed by atoms with Gasteiger partial charge in [0.25, 0.3) is 5.91 Å². The van der Waals surface area contributed by atoms with Crippen molar-refractivity contribution in [1.82, 2.24) is 9.88 Å². The summed E-state index contributed by atoms with van der Waals surface area (Å²) in [5, 5.41) is 0.607. The van der Waals surface area contributed by atoms with Crippen LogP contribution in [0.4, 0.5) is 24.1 Å². The molecule has 0 unspecified atom stereocenters. The fraction of sp³-hybridized carbons (Fsp3) is 0.667. The number of thiazole rings is 1. The van der Waals surface area contributed by atoms with Crippen molar-refractivity contribution in [3.05, 3.63) is 4.88 Å². The largest absolute Gasteiger partial charge is 0.406 e. The number of piperidine rings is 1. The summed E-state index contributed by atoms with van der Waals surface area (Å²) in [5.74, 6) is -0.745. The minimum atomic E-state index is -4.43. The number of hydrogen-bond acceptors (Lipinski definition) is 5. The summed E-state index contributed by atoms with van der Waals surface area (Å²) in [7, 11) is 1.11. The molecule has 5 nitrogen and oxygen atoms in total. The average molecular weight is 322 g/mol. The van der Waals surface area contributed by atoms with E-state index in [9.17, 15) is 18.0 Å². The van der Waals surface area contributed by atoms with Crippen LogP contribution < -0.4 is 10.6 Å². The molecule has 2 rings (SSSR count). The molecule has 9 heteroatoms. The Hall–Kier alpha value is -1.51. The number of halogens is 3. The van der Waals surface area contributed by atoms with Crippen molar-refractivity contribution in [2.24, 2.45) is 0 Å². The first-order valence-electron chi connectivity index (χ1n) is 6.61. The lowest BCUT2D eigenvalue weighted by atomic mass is 10.1. The number of aromatic nitrogens is 1. The molecule has 1 aromatic heterocycles. The van der Waals surface area contributed by atoms with Crippen molar-refractivity contribution >= 4 is 28.2 Å². The summed E-state index contributed by atoms with van der Waals surface area (Å²) < 4.78 is 37.0. The number of amides is 1. The number of hydrogen-bond donors (Lipinski definition) is 1. The summed E-state index contributed by atoms with van der Waals surface area (Å²) in [5.41, 5.74) is 5.69. The number of carbonyl (C=O) groups excluding carboxylic acids is 1. The first-order valence-corrected chi connectivity index (χ1v) is 7.43. The second kappa shape index (κ2) is 6.08. The van der Waals surface area contributed by atoms with E-state index < -0.39 is 18.6 Å². The zero-order chi connectivity index (χ0) is 15.6. The van der Waals surface area contributed by atoms with Crippen LogP contribution in [0.3, 0.4) is 0 Å². The van der Waals surface area contributed by atoms with Crippen LogP contribution in [0.5, 0.6) is 0 Å². The zero-order valence-electron chi connectivity index (χ0n) is 11.6. The fourth-order valence-corrected chi connectivity index (χ4v) is 3.24. The van der Waals surface area contributed by atoms with Crippen LogP contribution in [-0.4, -0.2) is 48.6 Å². The predicted octanol–water partition coefficient (Wildman–Crippen LogP) is 2.35. The van der Waals surface area contributed by atoms with E-state index in [1.807, 2.05) is 4.90 Å². The predicted molar refractivity (Wildman–Crippen MR) is 75.6 cm³/mol. The molecule has 1 aromatic rings. The van der Waals surface area contributed by atoms with Crippen LogP contribution in [0.15, 0.2) is 0 Å². The van der Waals surface area contributed by atoms with E-state index in [1.165, 1.54) is 0 Å². The molecule has 2 N–H and O–H groups in total. The van der Waals surface area contributed by atoms with Crippen LogP contribution in [0.1, 0.15) is 28.9 Å². The van der Waals surface area contributed by atoms with Gasteiger partial charge in [0.1, 0.15) is 17.2 Å². The maximum absolute atomic E-state index is 12.3. The van der Waals surface area contributed by atoms with E-state index >= 15 is 0 Å². The van der Waals surface area contributed by atoms with Gasteiger partial charge in [-0.25, -0.2) is 4.98 Å². The van der Waals surface area contributed by atoms with Crippen LogP contribution in [0, 0.1) is 0 Å². The third-order valence-corrected chi connectivity index (χ3v) is 4.35. The Balaban J connectivity index is 2.12. The Morgan fingerprint density at radius 3 is 2.57 bits per heavy atom. The molecule has 0 radical (unpaired) electrons. The second-order valence-corrected chi connectivity index (χ2v) is 6.01. The van der Waals surface area contributed by atoms with E-state index in [0.29, 0.717) is 10.0 Å². The molecule has 0 aromatic carbocycles. The molecule has 0 atom stereocenters. The average Bonchev–Trinajstić information content (AvgIpc) is 2.79. The number of nitrogen functional groups attached to an aromatic ring is 1. The number of rotatable bonds is 3. The van der Waals surface area contributed by atoms with Gasteiger partial charge in [0.05, 0.1) is 0 Å². The lowest BCUT2D eigenvalue weighted by Crippen LogP contribution is -2.35. The molecule has 118 valence electrons. The molecule has 21 heavy (non-hydrogen) atoms. The smallest absolute Gasteiger partial charge is 0.382 e. The Morgan fingerprint density at radius 2 is 2.00 bits per heavy atom. The van der Waals surface area contributed by atoms with Gasteiger partial charge < -0.3 is 15.5 Å². The Bertz CT molecular complexity index is 511. The van der Waals surface area contributed by atoms with E-state index in [4.69, 9.17) is 5.73 Å². The Labute approximate surface area is 124 Å². The molecular formula is C12H17F3N4OS. The molecule has 2 heterocycles. The molecule has 1 amide bonds. The van der Waals surface area contributed by atoms with Crippen molar-refractivity contribution in [2.75, 3.05) is 37.3 Å². The Kier molecular flexibility index (Phi) is 4.60. The molecular weight excluding hydrogens is 305 g/mol. The minimum absolute atomic E-state index is 0.000372. The normalized spacial score (nSPS) is 16.1. The summed E-state index contributed by atoms with van der Waals surface area (Å²) in [6, 6.07) is 0. The second-order valence-electron chi connectivity index (χ2n) is 5.03. The molecule has 0 bridgehead atoms. The number of alkyl halides is 3. The van der Waals surface area contributed by atoms with Gasteiger partial charge in [-0.05, 0) is 19.3 Å². The number of nitrogens with two attached hydrogens (primary N) is 1. The van der Waals surface area contributed by atoms with Crippen LogP contribution in [0.25, 0.3) is 0 Å². The van der Waals surface area contributed by atoms with E-state index in [1.54, 1.807) is 0 Å². The van der Waals surface area contributed by atoms with Gasteiger partial charge in [-0.1, -0.05) is 11.3 Å². The topological polar surface area (TPSA) is 62.5 Å². The van der Waals surface area contributed by atoms with Crippen molar-refractivity contribution in [2.45, 2.75) is 25.4 Å². The monoisotopic (exact) mass is 322 g/mol. The molecule has 1 saturated heterocycles. The minimum Gasteiger partial charge on any atom is -0.382 e. The van der Waals surface area contributed by atoms with Gasteiger partial charge >= 0.3 is 6.18 Å². The molecule has 0 saturated carbocycles. The van der Waals surface area contributed by atoms with Crippen LogP contribution in [-0.2, 0) is 0 Å². The quantitative estimate of drug-likeness (QED) is 0.928. The third-order valence-electron chi connectivity index (χ3n) is 3.23. The van der Waals surface area contributed by atoms with Gasteiger partial charge in [0.2, 0.25) is 0 Å². The summed E-state index contributed by atoms with van der Waals surface area (Å²) in [6.07, 6.45) is -1.20. The molecule has 1 aliphatic heterocycles. The van der Waals surface area contributed by atoms with Crippen molar-refractivity contribution in [3.63, 3.8) is 0 Å². The summed E-state index contributed by atoms with van der Waals surface area (Å²) in [4.78, 5) is 18.9. The lowest BCUT2D eigenvalue weighted by molar-refractivity contribution is -0.138. The van der Waals surface area contributed by atoms with Gasteiger partial charge in [0.15, 0.2) is 5.13 Å². The van der Waals surface area contributed by atoms with E-state index in [2.05, 4.69) is 4.98 Å².